The molecule has 6 heteroatoms. The maximum Gasteiger partial charge on any atom is 0.230 e. The van der Waals surface area contributed by atoms with Gasteiger partial charge in [0.25, 0.3) is 0 Å². The van der Waals surface area contributed by atoms with Crippen molar-refractivity contribution < 1.29 is 4.79 Å². The minimum atomic E-state index is -0.141. The third-order valence-corrected chi connectivity index (χ3v) is 5.03. The first kappa shape index (κ1) is 18.6. The Morgan fingerprint density at radius 3 is 2.48 bits per heavy atom. The monoisotopic (exact) mass is 348 g/mol. The Morgan fingerprint density at radius 1 is 1.29 bits per heavy atom. The van der Waals surface area contributed by atoms with E-state index in [4.69, 9.17) is 17.3 Å². The molecule has 0 saturated heterocycles. The van der Waals surface area contributed by atoms with E-state index >= 15 is 0 Å². The normalized spacial score (nSPS) is 16.3. The summed E-state index contributed by atoms with van der Waals surface area (Å²) in [6.07, 6.45) is 4.35. The van der Waals surface area contributed by atoms with Crippen molar-refractivity contribution in [2.45, 2.75) is 37.0 Å². The van der Waals surface area contributed by atoms with E-state index in [9.17, 15) is 4.79 Å². The quantitative estimate of drug-likeness (QED) is 0.828. The molecule has 0 atom stereocenters. The van der Waals surface area contributed by atoms with Crippen molar-refractivity contribution in [2.24, 2.45) is 5.73 Å². The van der Waals surface area contributed by atoms with Crippen LogP contribution in [0.2, 0.25) is 5.02 Å². The molecule has 1 fully saturated rings. The van der Waals surface area contributed by atoms with Crippen LogP contribution in [0.3, 0.4) is 0 Å². The van der Waals surface area contributed by atoms with Gasteiger partial charge in [-0.2, -0.15) is 0 Å². The van der Waals surface area contributed by atoms with Crippen LogP contribution in [0.1, 0.15) is 31.2 Å². The lowest BCUT2D eigenvalue weighted by molar-refractivity contribution is -0.120. The topological polar surface area (TPSA) is 55.1 Å². The molecule has 0 spiro atoms. The number of rotatable bonds is 6. The van der Waals surface area contributed by atoms with Crippen LogP contribution in [0.25, 0.3) is 0 Å². The summed E-state index contributed by atoms with van der Waals surface area (Å²) >= 11 is 7.46. The van der Waals surface area contributed by atoms with Gasteiger partial charge in [0.15, 0.2) is 0 Å². The zero-order valence-electron chi connectivity index (χ0n) is 11.9. The van der Waals surface area contributed by atoms with Crippen molar-refractivity contribution in [2.75, 3.05) is 12.3 Å². The molecular weight excluding hydrogens is 327 g/mol. The molecule has 1 aliphatic rings. The molecule has 0 radical (unpaired) electrons. The number of benzene rings is 1. The predicted octanol–water partition coefficient (Wildman–Crippen LogP) is 3.38. The lowest BCUT2D eigenvalue weighted by atomic mass is 9.98. The molecule has 1 aliphatic carbocycles. The first-order chi connectivity index (χ1) is 9.63. The summed E-state index contributed by atoms with van der Waals surface area (Å²) in [6.45, 7) is 0.542. The Hall–Kier alpha value is -0.420. The summed E-state index contributed by atoms with van der Waals surface area (Å²) in [6, 6.07) is 7.73. The van der Waals surface area contributed by atoms with E-state index in [0.717, 1.165) is 36.5 Å². The average Bonchev–Trinajstić information content (AvgIpc) is 2.90. The second kappa shape index (κ2) is 8.89. The maximum absolute atomic E-state index is 12.0. The molecule has 3 N–H and O–H groups in total. The second-order valence-electron chi connectivity index (χ2n) is 5.36. The lowest BCUT2D eigenvalue weighted by Crippen LogP contribution is -2.52. The van der Waals surface area contributed by atoms with Gasteiger partial charge in [-0.15, -0.1) is 24.2 Å². The third-order valence-electron chi connectivity index (χ3n) is 3.77. The highest BCUT2D eigenvalue weighted by Crippen LogP contribution is 2.28. The Balaban J connectivity index is 0.00000220. The molecule has 2 rings (SSSR count). The van der Waals surface area contributed by atoms with Gasteiger partial charge in [-0.1, -0.05) is 36.6 Å². The van der Waals surface area contributed by atoms with Gasteiger partial charge in [0.2, 0.25) is 5.91 Å². The van der Waals surface area contributed by atoms with Gasteiger partial charge in [0.05, 0.1) is 11.3 Å². The second-order valence-corrected chi connectivity index (χ2v) is 6.78. The molecule has 1 aromatic carbocycles. The predicted molar refractivity (Wildman–Crippen MR) is 93.3 cm³/mol. The van der Waals surface area contributed by atoms with Gasteiger partial charge >= 0.3 is 0 Å². The van der Waals surface area contributed by atoms with Crippen molar-refractivity contribution in [3.8, 4) is 0 Å². The minimum Gasteiger partial charge on any atom is -0.349 e. The Labute approximate surface area is 141 Å². The van der Waals surface area contributed by atoms with Crippen LogP contribution >= 0.6 is 35.8 Å². The van der Waals surface area contributed by atoms with Crippen molar-refractivity contribution in [1.29, 1.82) is 0 Å². The highest BCUT2D eigenvalue weighted by Gasteiger charge is 2.33. The SMILES string of the molecule is Cl.NCC1(NC(=O)CSCc2ccc(Cl)cc2)CCCC1. The molecule has 1 amide bonds. The van der Waals surface area contributed by atoms with Crippen LogP contribution in [-0.4, -0.2) is 23.7 Å². The van der Waals surface area contributed by atoms with Crippen LogP contribution in [0.5, 0.6) is 0 Å². The van der Waals surface area contributed by atoms with Crippen molar-refractivity contribution in [3.63, 3.8) is 0 Å². The van der Waals surface area contributed by atoms with Crippen molar-refractivity contribution in [1.82, 2.24) is 5.32 Å². The van der Waals surface area contributed by atoms with Crippen LogP contribution in [0.4, 0.5) is 0 Å². The van der Waals surface area contributed by atoms with Gasteiger partial charge in [-0.25, -0.2) is 0 Å². The fourth-order valence-electron chi connectivity index (χ4n) is 2.61. The summed E-state index contributed by atoms with van der Waals surface area (Å²) in [5.74, 6) is 1.39. The van der Waals surface area contributed by atoms with Crippen molar-refractivity contribution >= 4 is 41.7 Å². The van der Waals surface area contributed by atoms with E-state index in [2.05, 4.69) is 5.32 Å². The third kappa shape index (κ3) is 5.70. The highest BCUT2D eigenvalue weighted by molar-refractivity contribution is 7.99. The Kier molecular flexibility index (Phi) is 7.88. The van der Waals surface area contributed by atoms with Crippen LogP contribution in [0.15, 0.2) is 24.3 Å². The molecule has 0 bridgehead atoms. The fourth-order valence-corrected chi connectivity index (χ4v) is 3.52. The summed E-state index contributed by atoms with van der Waals surface area (Å²) in [5.41, 5.74) is 6.86. The average molecular weight is 349 g/mol. The largest absolute Gasteiger partial charge is 0.349 e. The number of thioether (sulfide) groups is 1. The van der Waals surface area contributed by atoms with E-state index in [0.29, 0.717) is 12.3 Å². The van der Waals surface area contributed by atoms with Gasteiger partial charge in [0, 0.05) is 17.3 Å². The van der Waals surface area contributed by atoms with E-state index in [-0.39, 0.29) is 23.9 Å². The highest BCUT2D eigenvalue weighted by atomic mass is 35.5. The van der Waals surface area contributed by atoms with E-state index < -0.39 is 0 Å². The maximum atomic E-state index is 12.0. The molecule has 1 aromatic rings. The molecule has 0 aromatic heterocycles. The number of carbonyl (C=O) groups is 1. The van der Waals surface area contributed by atoms with Crippen LogP contribution in [0, 0.1) is 0 Å². The van der Waals surface area contributed by atoms with E-state index in [1.165, 1.54) is 5.56 Å². The van der Waals surface area contributed by atoms with Gasteiger partial charge < -0.3 is 11.1 Å². The zero-order valence-corrected chi connectivity index (χ0v) is 14.3. The molecule has 21 heavy (non-hydrogen) atoms. The standard InChI is InChI=1S/C15H21ClN2OS.ClH/c16-13-5-3-12(4-6-13)9-20-10-14(19)18-15(11-17)7-1-2-8-15;/h3-6H,1-2,7-11,17H2,(H,18,19);1H. The van der Waals surface area contributed by atoms with E-state index in [1.807, 2.05) is 24.3 Å². The molecule has 3 nitrogen and oxygen atoms in total. The smallest absolute Gasteiger partial charge is 0.230 e. The number of hydrogen-bond acceptors (Lipinski definition) is 3. The molecule has 0 aliphatic heterocycles. The van der Waals surface area contributed by atoms with Gasteiger partial charge in [-0.05, 0) is 30.5 Å². The Morgan fingerprint density at radius 2 is 1.90 bits per heavy atom. The summed E-state index contributed by atoms with van der Waals surface area (Å²) in [7, 11) is 0. The fraction of sp³-hybridized carbons (Fsp3) is 0.533. The van der Waals surface area contributed by atoms with Crippen LogP contribution in [-0.2, 0) is 10.5 Å². The minimum absolute atomic E-state index is 0. The van der Waals surface area contributed by atoms with E-state index in [1.54, 1.807) is 11.8 Å². The molecule has 1 saturated carbocycles. The first-order valence-electron chi connectivity index (χ1n) is 6.97. The van der Waals surface area contributed by atoms with Gasteiger partial charge in [0.1, 0.15) is 0 Å². The van der Waals surface area contributed by atoms with Crippen molar-refractivity contribution in [3.05, 3.63) is 34.9 Å². The number of halogens is 2. The molecular formula is C15H22Cl2N2OS. The summed E-state index contributed by atoms with van der Waals surface area (Å²) in [4.78, 5) is 12.0. The number of nitrogens with two attached hydrogens (primary N) is 1. The lowest BCUT2D eigenvalue weighted by Gasteiger charge is -2.28. The number of amides is 1. The summed E-state index contributed by atoms with van der Waals surface area (Å²) in [5, 5.41) is 3.87. The number of hydrogen-bond donors (Lipinski definition) is 2. The Bertz CT molecular complexity index is 447. The van der Waals surface area contributed by atoms with Crippen LogP contribution < -0.4 is 11.1 Å². The zero-order chi connectivity index (χ0) is 14.4. The molecule has 0 unspecified atom stereocenters. The molecule has 0 heterocycles. The first-order valence-corrected chi connectivity index (χ1v) is 8.50. The number of nitrogens with one attached hydrogen (secondary N) is 1. The van der Waals surface area contributed by atoms with Gasteiger partial charge in [-0.3, -0.25) is 4.79 Å². The summed E-state index contributed by atoms with van der Waals surface area (Å²) < 4.78 is 0. The molecule has 118 valence electrons. The number of carbonyl (C=O) groups excluding carboxylic acids is 1.